The lowest BCUT2D eigenvalue weighted by Gasteiger charge is -2.06. The fraction of sp³-hybridized carbons (Fsp3) is 0.250. The van der Waals surface area contributed by atoms with Crippen molar-refractivity contribution in [1.82, 2.24) is 0 Å². The highest BCUT2D eigenvalue weighted by Gasteiger charge is 2.24. The second kappa shape index (κ2) is 7.57. The van der Waals surface area contributed by atoms with Crippen LogP contribution in [0.1, 0.15) is 46.8 Å². The van der Waals surface area contributed by atoms with Gasteiger partial charge in [-0.25, -0.2) is 13.2 Å². The van der Waals surface area contributed by atoms with Gasteiger partial charge in [0, 0.05) is 16.8 Å². The van der Waals surface area contributed by atoms with Crippen LogP contribution in [0.15, 0.2) is 40.6 Å². The first-order chi connectivity index (χ1) is 13.5. The van der Waals surface area contributed by atoms with E-state index in [1.807, 2.05) is 18.2 Å². The van der Waals surface area contributed by atoms with Crippen molar-refractivity contribution in [3.63, 3.8) is 0 Å². The topological polar surface area (TPSA) is 115 Å². The van der Waals surface area contributed by atoms with Gasteiger partial charge in [0.2, 0.25) is 0 Å². The van der Waals surface area contributed by atoms with E-state index in [4.69, 9.17) is 0 Å². The van der Waals surface area contributed by atoms with Crippen molar-refractivity contribution in [3.05, 3.63) is 68.8 Å². The fourth-order valence-corrected chi connectivity index (χ4v) is 6.33. The molecule has 29 heavy (non-hydrogen) atoms. The summed E-state index contributed by atoms with van der Waals surface area (Å²) in [7, 11) is -3.82. The first kappa shape index (κ1) is 20.9. The molecule has 1 heterocycles. The van der Waals surface area contributed by atoms with Gasteiger partial charge in [-0.1, -0.05) is 19.9 Å². The lowest BCUT2D eigenvalue weighted by Crippen LogP contribution is -2.07. The molecule has 9 heteroatoms. The van der Waals surface area contributed by atoms with Crippen LogP contribution < -0.4 is 0 Å². The normalized spacial score (nSPS) is 11.9. The number of nitrogens with zero attached hydrogens (tertiary/aromatic N) is 1. The zero-order valence-electron chi connectivity index (χ0n) is 16.0. The van der Waals surface area contributed by atoms with Gasteiger partial charge in [-0.15, -0.1) is 11.3 Å². The zero-order valence-corrected chi connectivity index (χ0v) is 17.6. The molecule has 0 saturated carbocycles. The molecule has 0 unspecified atom stereocenters. The third-order valence-electron chi connectivity index (χ3n) is 4.66. The molecule has 0 fully saturated rings. The zero-order chi connectivity index (χ0) is 21.5. The quantitative estimate of drug-likeness (QED) is 0.436. The monoisotopic (exact) mass is 433 g/mol. The number of fused-ring (bicyclic) bond motifs is 1. The van der Waals surface area contributed by atoms with E-state index in [1.54, 1.807) is 6.92 Å². The minimum Gasteiger partial charge on any atom is -0.478 e. The predicted molar refractivity (Wildman–Crippen MR) is 112 cm³/mol. The number of benzene rings is 2. The Morgan fingerprint density at radius 1 is 1.21 bits per heavy atom. The summed E-state index contributed by atoms with van der Waals surface area (Å²) in [5, 5.41) is 21.1. The number of carboxylic acids is 1. The highest BCUT2D eigenvalue weighted by molar-refractivity contribution is 7.93. The largest absolute Gasteiger partial charge is 0.478 e. The van der Waals surface area contributed by atoms with Crippen LogP contribution in [0, 0.1) is 17.0 Å². The van der Waals surface area contributed by atoms with Gasteiger partial charge in [0.05, 0.1) is 16.2 Å². The predicted octanol–water partition coefficient (Wildman–Crippen LogP) is 4.91. The van der Waals surface area contributed by atoms with Gasteiger partial charge in [-0.05, 0) is 53.1 Å². The first-order valence-electron chi connectivity index (χ1n) is 8.77. The number of aryl methyl sites for hydroxylation is 1. The van der Waals surface area contributed by atoms with Gasteiger partial charge in [-0.2, -0.15) is 0 Å². The average molecular weight is 434 g/mol. The van der Waals surface area contributed by atoms with Crippen LogP contribution in [0.3, 0.4) is 0 Å². The van der Waals surface area contributed by atoms with Crippen LogP contribution in [0.4, 0.5) is 5.69 Å². The maximum atomic E-state index is 13.1. The van der Waals surface area contributed by atoms with E-state index in [-0.39, 0.29) is 15.3 Å². The number of nitro groups is 1. The Labute approximate surface area is 171 Å². The summed E-state index contributed by atoms with van der Waals surface area (Å²) in [5.74, 6) is -1.57. The van der Waals surface area contributed by atoms with Crippen molar-refractivity contribution in [2.24, 2.45) is 0 Å². The van der Waals surface area contributed by atoms with Gasteiger partial charge in [0.1, 0.15) is 4.21 Å². The summed E-state index contributed by atoms with van der Waals surface area (Å²) in [6, 6.07) is 9.03. The number of thiophene rings is 1. The Hall–Kier alpha value is -2.78. The number of aromatic carboxylic acids is 1. The van der Waals surface area contributed by atoms with Crippen LogP contribution in [0.25, 0.3) is 10.1 Å². The molecule has 0 saturated heterocycles. The summed E-state index contributed by atoms with van der Waals surface area (Å²) in [6.07, 6.45) is 0. The lowest BCUT2D eigenvalue weighted by molar-refractivity contribution is -0.384. The molecule has 0 aliphatic rings. The Bertz CT molecular complexity index is 1210. The molecular weight excluding hydrogens is 414 g/mol. The summed E-state index contributed by atoms with van der Waals surface area (Å²) >= 11 is 1.15. The number of rotatable bonds is 6. The molecule has 1 aromatic heterocycles. The highest BCUT2D eigenvalue weighted by Crippen LogP contribution is 2.37. The number of non-ortho nitro benzene ring substituents is 1. The molecule has 3 rings (SSSR count). The summed E-state index contributed by atoms with van der Waals surface area (Å²) in [5.41, 5.74) is 1.03. The van der Waals surface area contributed by atoms with Crippen LogP contribution in [-0.4, -0.2) is 24.4 Å². The third kappa shape index (κ3) is 4.15. The van der Waals surface area contributed by atoms with Gasteiger partial charge in [0.25, 0.3) is 5.69 Å². The SMILES string of the molecule is Cc1c(S(=O)(=O)Cc2cc(C(=O)O)cc([N+](=O)[O-])c2)sc2ccc(C(C)C)cc12. The number of hydrogen-bond donors (Lipinski definition) is 1. The molecule has 7 nitrogen and oxygen atoms in total. The molecule has 152 valence electrons. The van der Waals surface area contributed by atoms with Crippen LogP contribution in [0.2, 0.25) is 0 Å². The van der Waals surface area contributed by atoms with Crippen molar-refractivity contribution in [1.29, 1.82) is 0 Å². The molecule has 0 bridgehead atoms. The highest BCUT2D eigenvalue weighted by atomic mass is 32.2. The van der Waals surface area contributed by atoms with Crippen molar-refractivity contribution in [2.75, 3.05) is 0 Å². The van der Waals surface area contributed by atoms with E-state index in [0.29, 0.717) is 11.5 Å². The molecular formula is C20H19NO6S2. The van der Waals surface area contributed by atoms with Crippen molar-refractivity contribution < 1.29 is 23.2 Å². The van der Waals surface area contributed by atoms with Gasteiger partial charge in [-0.3, -0.25) is 10.1 Å². The Morgan fingerprint density at radius 3 is 2.48 bits per heavy atom. The second-order valence-electron chi connectivity index (χ2n) is 7.13. The number of nitro benzene ring substituents is 1. The molecule has 0 amide bonds. The lowest BCUT2D eigenvalue weighted by atomic mass is 10.0. The standard InChI is InChI=1S/C20H19NO6S2/c1-11(2)14-4-5-18-17(9-14)12(3)20(28-18)29(26,27)10-13-6-15(19(22)23)8-16(7-13)21(24)25/h4-9,11H,10H2,1-3H3,(H,22,23). The van der Waals surface area contributed by atoms with E-state index < -0.39 is 32.2 Å². The number of carboxylic acid groups (broad SMARTS) is 1. The maximum absolute atomic E-state index is 13.1. The summed E-state index contributed by atoms with van der Waals surface area (Å²) in [4.78, 5) is 21.6. The molecule has 1 N–H and O–H groups in total. The Morgan fingerprint density at radius 2 is 1.90 bits per heavy atom. The van der Waals surface area contributed by atoms with E-state index >= 15 is 0 Å². The third-order valence-corrected chi connectivity index (χ3v) is 8.32. The second-order valence-corrected chi connectivity index (χ2v) is 10.4. The number of sulfone groups is 1. The summed E-state index contributed by atoms with van der Waals surface area (Å²) < 4.78 is 27.2. The Balaban J connectivity index is 2.07. The molecule has 0 aliphatic heterocycles. The van der Waals surface area contributed by atoms with E-state index in [0.717, 1.165) is 45.2 Å². The maximum Gasteiger partial charge on any atom is 0.335 e. The van der Waals surface area contributed by atoms with E-state index in [2.05, 4.69) is 13.8 Å². The molecule has 0 radical (unpaired) electrons. The van der Waals surface area contributed by atoms with Crippen molar-refractivity contribution in [3.8, 4) is 0 Å². The molecule has 2 aromatic carbocycles. The molecule has 0 atom stereocenters. The minimum atomic E-state index is -3.82. The summed E-state index contributed by atoms with van der Waals surface area (Å²) in [6.45, 7) is 5.86. The molecule has 0 aliphatic carbocycles. The number of carbonyl (C=O) groups is 1. The molecule has 3 aromatic rings. The van der Waals surface area contributed by atoms with E-state index in [1.165, 1.54) is 0 Å². The van der Waals surface area contributed by atoms with Crippen molar-refractivity contribution in [2.45, 2.75) is 36.7 Å². The van der Waals surface area contributed by atoms with Gasteiger partial charge in [0.15, 0.2) is 9.84 Å². The van der Waals surface area contributed by atoms with E-state index in [9.17, 15) is 28.4 Å². The van der Waals surface area contributed by atoms with Gasteiger partial charge < -0.3 is 5.11 Å². The smallest absolute Gasteiger partial charge is 0.335 e. The van der Waals surface area contributed by atoms with Crippen LogP contribution in [0.5, 0.6) is 0 Å². The molecule has 0 spiro atoms. The van der Waals surface area contributed by atoms with Crippen LogP contribution in [-0.2, 0) is 15.6 Å². The number of hydrogen-bond acceptors (Lipinski definition) is 6. The fourth-order valence-electron chi connectivity index (χ4n) is 3.14. The van der Waals surface area contributed by atoms with Gasteiger partial charge >= 0.3 is 5.97 Å². The minimum absolute atomic E-state index is 0.0660. The van der Waals surface area contributed by atoms with Crippen LogP contribution >= 0.6 is 11.3 Å². The van der Waals surface area contributed by atoms with Crippen molar-refractivity contribution >= 4 is 42.9 Å². The Kier molecular flexibility index (Phi) is 5.46. The average Bonchev–Trinajstić information content (AvgIpc) is 2.98. The first-order valence-corrected chi connectivity index (χ1v) is 11.2.